The number of anilines is 1. The fourth-order valence-corrected chi connectivity index (χ4v) is 1.58. The fourth-order valence-electron chi connectivity index (χ4n) is 1.58. The molecule has 0 aliphatic carbocycles. The molecule has 0 aliphatic rings. The standard InChI is InChI=1S/C15H19N5O2/c1-10(2)9-22-13-7-5-4-6-12(13)8-16-19-15-17-14(21)11(3)18-20-15/h4-8,10H,9H2,1-3H3,(H2,17,19,20,21)/b16-8+. The molecular weight excluding hydrogens is 282 g/mol. The maximum Gasteiger partial charge on any atom is 0.274 e. The number of para-hydroxylation sites is 1. The molecule has 22 heavy (non-hydrogen) atoms. The van der Waals surface area contributed by atoms with Gasteiger partial charge in [0.1, 0.15) is 11.4 Å². The van der Waals surface area contributed by atoms with Crippen LogP contribution in [0.3, 0.4) is 0 Å². The van der Waals surface area contributed by atoms with Gasteiger partial charge in [0, 0.05) is 5.56 Å². The van der Waals surface area contributed by atoms with Gasteiger partial charge in [-0.1, -0.05) is 26.0 Å². The van der Waals surface area contributed by atoms with Crippen LogP contribution in [0.4, 0.5) is 5.95 Å². The number of hydrazone groups is 1. The number of aromatic amines is 1. The van der Waals surface area contributed by atoms with Gasteiger partial charge in [0.15, 0.2) is 0 Å². The zero-order valence-electron chi connectivity index (χ0n) is 12.8. The summed E-state index contributed by atoms with van der Waals surface area (Å²) >= 11 is 0. The van der Waals surface area contributed by atoms with Crippen LogP contribution < -0.4 is 15.7 Å². The quantitative estimate of drug-likeness (QED) is 0.628. The number of hydrogen-bond acceptors (Lipinski definition) is 6. The van der Waals surface area contributed by atoms with Crippen molar-refractivity contribution in [2.75, 3.05) is 12.0 Å². The van der Waals surface area contributed by atoms with Gasteiger partial charge in [-0.15, -0.1) is 10.2 Å². The lowest BCUT2D eigenvalue weighted by Crippen LogP contribution is -2.15. The SMILES string of the molecule is Cc1nnc(N/N=C/c2ccccc2OCC(C)C)[nH]c1=O. The van der Waals surface area contributed by atoms with Crippen LogP contribution in [-0.2, 0) is 0 Å². The topological polar surface area (TPSA) is 92.3 Å². The third kappa shape index (κ3) is 4.41. The number of aryl methyl sites for hydroxylation is 1. The molecule has 0 unspecified atom stereocenters. The van der Waals surface area contributed by atoms with Gasteiger partial charge in [0.25, 0.3) is 5.56 Å². The first-order chi connectivity index (χ1) is 10.6. The van der Waals surface area contributed by atoms with Gasteiger partial charge in [-0.3, -0.25) is 9.78 Å². The number of nitrogens with zero attached hydrogens (tertiary/aromatic N) is 3. The Kier molecular flexibility index (Phi) is 5.24. The van der Waals surface area contributed by atoms with E-state index in [2.05, 4.69) is 39.6 Å². The van der Waals surface area contributed by atoms with Crippen molar-refractivity contribution in [2.45, 2.75) is 20.8 Å². The van der Waals surface area contributed by atoms with Gasteiger partial charge in [-0.2, -0.15) is 5.10 Å². The molecule has 2 aromatic rings. The van der Waals surface area contributed by atoms with Crippen molar-refractivity contribution >= 4 is 12.2 Å². The van der Waals surface area contributed by atoms with Crippen molar-refractivity contribution in [3.63, 3.8) is 0 Å². The predicted molar refractivity (Wildman–Crippen MR) is 85.4 cm³/mol. The highest BCUT2D eigenvalue weighted by molar-refractivity contribution is 5.83. The molecule has 0 aliphatic heterocycles. The van der Waals surface area contributed by atoms with Crippen LogP contribution in [0.25, 0.3) is 0 Å². The van der Waals surface area contributed by atoms with Crippen LogP contribution in [-0.4, -0.2) is 28.0 Å². The van der Waals surface area contributed by atoms with Gasteiger partial charge in [0.05, 0.1) is 12.8 Å². The minimum Gasteiger partial charge on any atom is -0.493 e. The van der Waals surface area contributed by atoms with Crippen molar-refractivity contribution in [1.29, 1.82) is 0 Å². The van der Waals surface area contributed by atoms with Gasteiger partial charge in [-0.25, -0.2) is 5.43 Å². The summed E-state index contributed by atoms with van der Waals surface area (Å²) in [5, 5.41) is 11.5. The second-order valence-corrected chi connectivity index (χ2v) is 5.20. The largest absolute Gasteiger partial charge is 0.493 e. The van der Waals surface area contributed by atoms with Crippen LogP contribution in [0.1, 0.15) is 25.1 Å². The minimum absolute atomic E-state index is 0.187. The highest BCUT2D eigenvalue weighted by Crippen LogP contribution is 2.16. The number of rotatable bonds is 6. The average molecular weight is 301 g/mol. The van der Waals surface area contributed by atoms with Crippen LogP contribution in [0.5, 0.6) is 5.75 Å². The average Bonchev–Trinajstić information content (AvgIpc) is 2.50. The Morgan fingerprint density at radius 3 is 2.86 bits per heavy atom. The molecule has 0 saturated carbocycles. The summed E-state index contributed by atoms with van der Waals surface area (Å²) in [7, 11) is 0. The zero-order chi connectivity index (χ0) is 15.9. The summed E-state index contributed by atoms with van der Waals surface area (Å²) in [6.45, 7) is 6.39. The normalized spacial score (nSPS) is 11.1. The smallest absolute Gasteiger partial charge is 0.274 e. The van der Waals surface area contributed by atoms with E-state index in [1.54, 1.807) is 13.1 Å². The molecule has 2 N–H and O–H groups in total. The number of aromatic nitrogens is 3. The van der Waals surface area contributed by atoms with E-state index in [1.165, 1.54) is 0 Å². The highest BCUT2D eigenvalue weighted by atomic mass is 16.5. The van der Waals surface area contributed by atoms with Crippen molar-refractivity contribution in [2.24, 2.45) is 11.0 Å². The number of H-pyrrole nitrogens is 1. The maximum absolute atomic E-state index is 11.4. The van der Waals surface area contributed by atoms with Crippen molar-refractivity contribution in [3.05, 3.63) is 45.9 Å². The molecule has 0 amide bonds. The number of benzene rings is 1. The maximum atomic E-state index is 11.4. The molecule has 7 heteroatoms. The first kappa shape index (κ1) is 15.7. The lowest BCUT2D eigenvalue weighted by Gasteiger charge is -2.10. The summed E-state index contributed by atoms with van der Waals surface area (Å²) in [6, 6.07) is 7.59. The molecular formula is C15H19N5O2. The Balaban J connectivity index is 2.06. The Labute approximate surface area is 128 Å². The molecule has 7 nitrogen and oxygen atoms in total. The monoisotopic (exact) mass is 301 g/mol. The highest BCUT2D eigenvalue weighted by Gasteiger charge is 2.02. The molecule has 1 aromatic carbocycles. The van der Waals surface area contributed by atoms with Gasteiger partial charge < -0.3 is 4.74 Å². The Morgan fingerprint density at radius 1 is 1.36 bits per heavy atom. The lowest BCUT2D eigenvalue weighted by molar-refractivity contribution is 0.271. The Bertz CT molecular complexity index is 709. The third-order valence-corrected chi connectivity index (χ3v) is 2.73. The third-order valence-electron chi connectivity index (χ3n) is 2.73. The molecule has 0 atom stereocenters. The van der Waals surface area contributed by atoms with Gasteiger partial charge in [0.2, 0.25) is 5.95 Å². The lowest BCUT2D eigenvalue weighted by atomic mass is 10.2. The van der Waals surface area contributed by atoms with Crippen molar-refractivity contribution in [1.82, 2.24) is 15.2 Å². The molecule has 0 fully saturated rings. The van der Waals surface area contributed by atoms with Crippen LogP contribution in [0, 0.1) is 12.8 Å². The molecule has 0 saturated heterocycles. The fraction of sp³-hybridized carbons (Fsp3) is 0.333. The van der Waals surface area contributed by atoms with E-state index in [0.717, 1.165) is 11.3 Å². The van der Waals surface area contributed by atoms with E-state index in [0.29, 0.717) is 18.2 Å². The Hall–Kier alpha value is -2.70. The van der Waals surface area contributed by atoms with E-state index in [4.69, 9.17) is 4.74 Å². The molecule has 116 valence electrons. The number of ether oxygens (including phenoxy) is 1. The summed E-state index contributed by atoms with van der Waals surface area (Å²) in [5.41, 5.74) is 3.48. The summed E-state index contributed by atoms with van der Waals surface area (Å²) < 4.78 is 5.73. The van der Waals surface area contributed by atoms with Crippen LogP contribution >= 0.6 is 0 Å². The van der Waals surface area contributed by atoms with E-state index < -0.39 is 0 Å². The second kappa shape index (κ2) is 7.35. The summed E-state index contributed by atoms with van der Waals surface area (Å²) in [4.78, 5) is 13.9. The van der Waals surface area contributed by atoms with Crippen molar-refractivity contribution < 1.29 is 4.74 Å². The number of nitrogens with one attached hydrogen (secondary N) is 2. The molecule has 2 rings (SSSR count). The summed E-state index contributed by atoms with van der Waals surface area (Å²) in [6.07, 6.45) is 1.61. The summed E-state index contributed by atoms with van der Waals surface area (Å²) in [5.74, 6) is 1.38. The van der Waals surface area contributed by atoms with Gasteiger partial charge in [-0.05, 0) is 25.0 Å². The minimum atomic E-state index is -0.298. The van der Waals surface area contributed by atoms with E-state index >= 15 is 0 Å². The van der Waals surface area contributed by atoms with Crippen LogP contribution in [0.2, 0.25) is 0 Å². The Morgan fingerprint density at radius 2 is 2.14 bits per heavy atom. The van der Waals surface area contributed by atoms with E-state index in [1.807, 2.05) is 24.3 Å². The molecule has 1 aromatic heterocycles. The molecule has 0 spiro atoms. The van der Waals surface area contributed by atoms with Gasteiger partial charge >= 0.3 is 0 Å². The first-order valence-electron chi connectivity index (χ1n) is 7.00. The molecule has 0 bridgehead atoms. The van der Waals surface area contributed by atoms with Crippen molar-refractivity contribution in [3.8, 4) is 5.75 Å². The van der Waals surface area contributed by atoms with E-state index in [9.17, 15) is 4.79 Å². The molecule has 0 radical (unpaired) electrons. The number of hydrogen-bond donors (Lipinski definition) is 2. The zero-order valence-corrected chi connectivity index (χ0v) is 12.8. The predicted octanol–water partition coefficient (Wildman–Crippen LogP) is 1.95. The molecule has 1 heterocycles. The first-order valence-corrected chi connectivity index (χ1v) is 7.00. The van der Waals surface area contributed by atoms with Crippen LogP contribution in [0.15, 0.2) is 34.2 Å². The van der Waals surface area contributed by atoms with E-state index in [-0.39, 0.29) is 11.5 Å². The second-order valence-electron chi connectivity index (χ2n) is 5.20.